The zero-order chi connectivity index (χ0) is 13.1. The molecule has 0 fully saturated rings. The highest BCUT2D eigenvalue weighted by Gasteiger charge is 2.17. The third-order valence-corrected chi connectivity index (χ3v) is 3.61. The van der Waals surface area contributed by atoms with Gasteiger partial charge in [0.2, 0.25) is 0 Å². The van der Waals surface area contributed by atoms with Crippen molar-refractivity contribution in [3.05, 3.63) is 51.8 Å². The Balaban J connectivity index is 2.35. The number of benzene rings is 1. The fourth-order valence-electron chi connectivity index (χ4n) is 2.00. The monoisotopic (exact) mass is 307 g/mol. The minimum Gasteiger partial charge on any atom is -0.319 e. The second-order valence-electron chi connectivity index (χ2n) is 4.49. The molecule has 1 aromatic heterocycles. The van der Waals surface area contributed by atoms with E-state index in [1.165, 1.54) is 5.56 Å². The Bertz CT molecular complexity index is 516. The van der Waals surface area contributed by atoms with Crippen molar-refractivity contribution in [2.75, 3.05) is 0 Å². The molecule has 1 heterocycles. The van der Waals surface area contributed by atoms with Crippen molar-refractivity contribution in [2.24, 2.45) is 5.73 Å². The predicted molar refractivity (Wildman–Crippen MR) is 77.4 cm³/mol. The molecule has 2 aromatic rings. The molecule has 18 heavy (non-hydrogen) atoms. The molecule has 3 nitrogen and oxygen atoms in total. The summed E-state index contributed by atoms with van der Waals surface area (Å²) in [5.74, 6) is 0. The number of halogens is 1. The van der Waals surface area contributed by atoms with Crippen molar-refractivity contribution >= 4 is 15.9 Å². The highest BCUT2D eigenvalue weighted by molar-refractivity contribution is 9.10. The average Bonchev–Trinajstić information content (AvgIpc) is 2.71. The minimum absolute atomic E-state index is 0.144. The standard InChI is InChI=1S/C14H18BrN3/c1-3-8-18-14(12(15)9-17-18)13(16)11-6-4-10(2)5-7-11/h4-7,9,13H,3,8,16H2,1-2H3. The third-order valence-electron chi connectivity index (χ3n) is 3.00. The van der Waals surface area contributed by atoms with E-state index in [9.17, 15) is 0 Å². The molecule has 2 rings (SSSR count). The van der Waals surface area contributed by atoms with Gasteiger partial charge in [-0.05, 0) is 34.8 Å². The first-order valence-corrected chi connectivity index (χ1v) is 6.96. The lowest BCUT2D eigenvalue weighted by molar-refractivity contribution is 0.559. The second kappa shape index (κ2) is 5.67. The van der Waals surface area contributed by atoms with Gasteiger partial charge in [0.05, 0.1) is 22.4 Å². The maximum Gasteiger partial charge on any atom is 0.0738 e. The first-order valence-electron chi connectivity index (χ1n) is 6.16. The molecule has 0 saturated heterocycles. The van der Waals surface area contributed by atoms with E-state index in [0.717, 1.165) is 28.7 Å². The van der Waals surface area contributed by atoms with Crippen LogP contribution in [-0.4, -0.2) is 9.78 Å². The molecule has 1 aromatic carbocycles. The molecule has 1 unspecified atom stereocenters. The van der Waals surface area contributed by atoms with Crippen molar-refractivity contribution in [1.82, 2.24) is 9.78 Å². The molecular formula is C14H18BrN3. The van der Waals surface area contributed by atoms with Crippen LogP contribution >= 0.6 is 15.9 Å². The quantitative estimate of drug-likeness (QED) is 0.940. The largest absolute Gasteiger partial charge is 0.319 e. The van der Waals surface area contributed by atoms with Crippen LogP contribution in [0.25, 0.3) is 0 Å². The van der Waals surface area contributed by atoms with Crippen LogP contribution in [0.3, 0.4) is 0 Å². The fraction of sp³-hybridized carbons (Fsp3) is 0.357. The molecule has 2 N–H and O–H groups in total. The van der Waals surface area contributed by atoms with Gasteiger partial charge in [-0.1, -0.05) is 36.8 Å². The van der Waals surface area contributed by atoms with Gasteiger partial charge in [0, 0.05) is 6.54 Å². The molecule has 1 atom stereocenters. The summed E-state index contributed by atoms with van der Waals surface area (Å²) >= 11 is 3.54. The van der Waals surface area contributed by atoms with Crippen LogP contribution < -0.4 is 5.73 Å². The summed E-state index contributed by atoms with van der Waals surface area (Å²) in [6, 6.07) is 8.19. The molecule has 0 spiro atoms. The number of hydrogen-bond donors (Lipinski definition) is 1. The fourth-order valence-corrected chi connectivity index (χ4v) is 2.55. The molecular weight excluding hydrogens is 290 g/mol. The summed E-state index contributed by atoms with van der Waals surface area (Å²) in [4.78, 5) is 0. The lowest BCUT2D eigenvalue weighted by Gasteiger charge is -2.15. The molecule has 0 aliphatic rings. The first kappa shape index (κ1) is 13.3. The second-order valence-corrected chi connectivity index (χ2v) is 5.34. The number of rotatable bonds is 4. The number of aromatic nitrogens is 2. The SMILES string of the molecule is CCCn1ncc(Br)c1C(N)c1ccc(C)cc1. The van der Waals surface area contributed by atoms with Crippen LogP contribution in [0.1, 0.15) is 36.2 Å². The van der Waals surface area contributed by atoms with Gasteiger partial charge >= 0.3 is 0 Å². The van der Waals surface area contributed by atoms with Gasteiger partial charge in [-0.25, -0.2) is 0 Å². The molecule has 0 aliphatic heterocycles. The van der Waals surface area contributed by atoms with E-state index in [-0.39, 0.29) is 6.04 Å². The summed E-state index contributed by atoms with van der Waals surface area (Å²) in [6.07, 6.45) is 2.86. The Hall–Kier alpha value is -1.13. The number of hydrogen-bond acceptors (Lipinski definition) is 2. The number of nitrogens with two attached hydrogens (primary N) is 1. The Kier molecular flexibility index (Phi) is 4.19. The van der Waals surface area contributed by atoms with Gasteiger partial charge in [-0.3, -0.25) is 4.68 Å². The van der Waals surface area contributed by atoms with Crippen LogP contribution in [0.2, 0.25) is 0 Å². The normalized spacial score (nSPS) is 12.7. The van der Waals surface area contributed by atoms with Gasteiger partial charge in [0.25, 0.3) is 0 Å². The van der Waals surface area contributed by atoms with Crippen LogP contribution in [-0.2, 0) is 6.54 Å². The van der Waals surface area contributed by atoms with Gasteiger partial charge in [-0.15, -0.1) is 0 Å². The number of nitrogens with zero attached hydrogens (tertiary/aromatic N) is 2. The minimum atomic E-state index is -0.144. The number of aryl methyl sites for hydroxylation is 2. The average molecular weight is 308 g/mol. The summed E-state index contributed by atoms with van der Waals surface area (Å²) < 4.78 is 2.96. The van der Waals surface area contributed by atoms with Crippen molar-refractivity contribution < 1.29 is 0 Å². The molecule has 4 heteroatoms. The van der Waals surface area contributed by atoms with E-state index < -0.39 is 0 Å². The summed E-state index contributed by atoms with van der Waals surface area (Å²) in [5.41, 5.74) is 9.75. The molecule has 0 radical (unpaired) electrons. The molecule has 0 bridgehead atoms. The smallest absolute Gasteiger partial charge is 0.0738 e. The van der Waals surface area contributed by atoms with Crippen LogP contribution in [0.15, 0.2) is 34.9 Å². The van der Waals surface area contributed by atoms with E-state index in [4.69, 9.17) is 5.73 Å². The zero-order valence-electron chi connectivity index (χ0n) is 10.7. The highest BCUT2D eigenvalue weighted by atomic mass is 79.9. The van der Waals surface area contributed by atoms with Crippen molar-refractivity contribution in [1.29, 1.82) is 0 Å². The van der Waals surface area contributed by atoms with Crippen LogP contribution in [0, 0.1) is 6.92 Å². The predicted octanol–water partition coefficient (Wildman–Crippen LogP) is 3.41. The summed E-state index contributed by atoms with van der Waals surface area (Å²) in [7, 11) is 0. The Morgan fingerprint density at radius 2 is 2.00 bits per heavy atom. The van der Waals surface area contributed by atoms with Gasteiger partial charge in [0.1, 0.15) is 0 Å². The van der Waals surface area contributed by atoms with E-state index in [2.05, 4.69) is 59.1 Å². The zero-order valence-corrected chi connectivity index (χ0v) is 12.3. The Morgan fingerprint density at radius 3 is 2.61 bits per heavy atom. The topological polar surface area (TPSA) is 43.8 Å². The first-order chi connectivity index (χ1) is 8.63. The summed E-state index contributed by atoms with van der Waals surface area (Å²) in [6.45, 7) is 5.10. The van der Waals surface area contributed by atoms with E-state index >= 15 is 0 Å². The van der Waals surface area contributed by atoms with Crippen LogP contribution in [0.4, 0.5) is 0 Å². The van der Waals surface area contributed by atoms with E-state index in [1.54, 1.807) is 0 Å². The lowest BCUT2D eigenvalue weighted by Crippen LogP contribution is -2.18. The molecule has 96 valence electrons. The van der Waals surface area contributed by atoms with Crippen LogP contribution in [0.5, 0.6) is 0 Å². The lowest BCUT2D eigenvalue weighted by atomic mass is 10.0. The van der Waals surface area contributed by atoms with E-state index in [1.807, 2.05) is 10.9 Å². The third kappa shape index (κ3) is 2.65. The summed E-state index contributed by atoms with van der Waals surface area (Å²) in [5, 5.41) is 4.36. The van der Waals surface area contributed by atoms with Gasteiger partial charge in [0.15, 0.2) is 0 Å². The van der Waals surface area contributed by atoms with E-state index in [0.29, 0.717) is 0 Å². The maximum absolute atomic E-state index is 6.35. The maximum atomic E-state index is 6.35. The Labute approximate surface area is 116 Å². The molecule has 0 saturated carbocycles. The van der Waals surface area contributed by atoms with Crippen molar-refractivity contribution in [3.63, 3.8) is 0 Å². The highest BCUT2D eigenvalue weighted by Crippen LogP contribution is 2.27. The van der Waals surface area contributed by atoms with Gasteiger partial charge in [-0.2, -0.15) is 5.10 Å². The Morgan fingerprint density at radius 1 is 1.33 bits per heavy atom. The molecule has 0 amide bonds. The van der Waals surface area contributed by atoms with Crippen molar-refractivity contribution in [2.45, 2.75) is 32.9 Å². The molecule has 0 aliphatic carbocycles. The van der Waals surface area contributed by atoms with Crippen molar-refractivity contribution in [3.8, 4) is 0 Å². The van der Waals surface area contributed by atoms with Gasteiger partial charge < -0.3 is 5.73 Å².